The Balaban J connectivity index is 2.05. The minimum Gasteiger partial charge on any atom is -0.496 e. The molecule has 1 aliphatic heterocycles. The molecule has 0 saturated heterocycles. The average molecular weight is 482 g/mol. The van der Waals surface area contributed by atoms with E-state index in [1.807, 2.05) is 13.8 Å². The first-order valence-corrected chi connectivity index (χ1v) is 11.0. The van der Waals surface area contributed by atoms with Crippen molar-refractivity contribution >= 4 is 17.3 Å². The normalized spacial score (nSPS) is 15.5. The number of ether oxygens (including phenoxy) is 1. The van der Waals surface area contributed by atoms with Crippen molar-refractivity contribution in [3.05, 3.63) is 46.0 Å². The first-order chi connectivity index (χ1) is 15.8. The van der Waals surface area contributed by atoms with E-state index in [2.05, 4.69) is 20.6 Å². The monoisotopic (exact) mass is 481 g/mol. The highest BCUT2D eigenvalue weighted by Gasteiger charge is 2.54. The van der Waals surface area contributed by atoms with Gasteiger partial charge in [0.25, 0.3) is 0 Å². The maximum absolute atomic E-state index is 14.5. The number of nitrogens with zero attached hydrogens (tertiary/aromatic N) is 4. The highest BCUT2D eigenvalue weighted by molar-refractivity contribution is 6.30. The minimum atomic E-state index is -4.64. The zero-order valence-electron chi connectivity index (χ0n) is 18.3. The number of aromatic amines is 1. The number of alkyl halides is 3. The molecular formula is C22H23ClF3N5O2. The molecule has 1 aliphatic rings. The largest absolute Gasteiger partial charge is 0.496 e. The fourth-order valence-corrected chi connectivity index (χ4v) is 4.42. The Morgan fingerprint density at radius 2 is 1.79 bits per heavy atom. The van der Waals surface area contributed by atoms with Crippen molar-refractivity contribution in [1.82, 2.24) is 20.6 Å². The SMILES string of the molecule is CCCc1c(OC)c2c(c(CCC)c1-c1nn[nH]n1)ON(c1ccc(Cl)cc1)C2C(F)(F)F. The number of hydrogen-bond acceptors (Lipinski definition) is 6. The van der Waals surface area contributed by atoms with Crippen LogP contribution in [0.25, 0.3) is 11.4 Å². The lowest BCUT2D eigenvalue weighted by Crippen LogP contribution is -2.36. The zero-order valence-corrected chi connectivity index (χ0v) is 19.1. The molecule has 2 aromatic carbocycles. The summed E-state index contributed by atoms with van der Waals surface area (Å²) in [6, 6.07) is 3.97. The molecule has 7 nitrogen and oxygen atoms in total. The number of H-pyrrole nitrogens is 1. The molecule has 1 aromatic heterocycles. The second-order valence-electron chi connectivity index (χ2n) is 7.68. The van der Waals surface area contributed by atoms with Crippen LogP contribution in [-0.2, 0) is 12.8 Å². The van der Waals surface area contributed by atoms with E-state index < -0.39 is 12.2 Å². The quantitative estimate of drug-likeness (QED) is 0.456. The van der Waals surface area contributed by atoms with E-state index in [1.54, 1.807) is 0 Å². The number of methoxy groups -OCH3 is 1. The van der Waals surface area contributed by atoms with Gasteiger partial charge in [0.05, 0.1) is 18.4 Å². The molecule has 0 amide bonds. The van der Waals surface area contributed by atoms with E-state index in [4.69, 9.17) is 21.2 Å². The lowest BCUT2D eigenvalue weighted by molar-refractivity contribution is -0.156. The molecule has 1 atom stereocenters. The lowest BCUT2D eigenvalue weighted by Gasteiger charge is -2.27. The van der Waals surface area contributed by atoms with Gasteiger partial charge in [0.1, 0.15) is 5.75 Å². The maximum Gasteiger partial charge on any atom is 0.416 e. The van der Waals surface area contributed by atoms with E-state index in [-0.39, 0.29) is 22.7 Å². The zero-order chi connectivity index (χ0) is 23.8. The van der Waals surface area contributed by atoms with Crippen LogP contribution in [0.3, 0.4) is 0 Å². The predicted molar refractivity (Wildman–Crippen MR) is 118 cm³/mol. The predicted octanol–water partition coefficient (Wildman–Crippen LogP) is 5.85. The molecule has 33 heavy (non-hydrogen) atoms. The van der Waals surface area contributed by atoms with Crippen LogP contribution in [0.2, 0.25) is 5.02 Å². The van der Waals surface area contributed by atoms with Crippen molar-refractivity contribution in [3.8, 4) is 22.9 Å². The molecule has 4 rings (SSSR count). The summed E-state index contributed by atoms with van der Waals surface area (Å²) in [6.45, 7) is 3.90. The summed E-state index contributed by atoms with van der Waals surface area (Å²) in [5, 5.41) is 15.6. The molecule has 11 heteroatoms. The van der Waals surface area contributed by atoms with Gasteiger partial charge in [0, 0.05) is 21.7 Å². The molecule has 0 radical (unpaired) electrons. The number of anilines is 1. The van der Waals surface area contributed by atoms with Gasteiger partial charge < -0.3 is 9.57 Å². The third-order valence-corrected chi connectivity index (χ3v) is 5.75. The van der Waals surface area contributed by atoms with E-state index >= 15 is 0 Å². The van der Waals surface area contributed by atoms with Gasteiger partial charge in [-0.05, 0) is 42.3 Å². The van der Waals surface area contributed by atoms with Crippen LogP contribution in [0, 0.1) is 0 Å². The van der Waals surface area contributed by atoms with Crippen LogP contribution >= 0.6 is 11.6 Å². The number of fused-ring (bicyclic) bond motifs is 1. The van der Waals surface area contributed by atoms with Crippen molar-refractivity contribution in [2.24, 2.45) is 0 Å². The van der Waals surface area contributed by atoms with Crippen molar-refractivity contribution < 1.29 is 22.7 Å². The second-order valence-corrected chi connectivity index (χ2v) is 8.12. The molecule has 1 unspecified atom stereocenters. The van der Waals surface area contributed by atoms with Gasteiger partial charge in [-0.3, -0.25) is 0 Å². The van der Waals surface area contributed by atoms with E-state index in [0.29, 0.717) is 53.2 Å². The van der Waals surface area contributed by atoms with Crippen molar-refractivity contribution in [3.63, 3.8) is 0 Å². The lowest BCUT2D eigenvalue weighted by atomic mass is 9.87. The number of hydroxylamine groups is 1. The van der Waals surface area contributed by atoms with E-state index in [1.165, 1.54) is 31.4 Å². The summed E-state index contributed by atoms with van der Waals surface area (Å²) in [6.07, 6.45) is -2.34. The smallest absolute Gasteiger partial charge is 0.416 e. The Labute approximate surface area is 193 Å². The highest BCUT2D eigenvalue weighted by atomic mass is 35.5. The third kappa shape index (κ3) is 4.07. The summed E-state index contributed by atoms with van der Waals surface area (Å²) >= 11 is 5.96. The Bertz CT molecular complexity index is 1120. The minimum absolute atomic E-state index is 0.0425. The Hall–Kier alpha value is -3.01. The van der Waals surface area contributed by atoms with Crippen LogP contribution in [-0.4, -0.2) is 33.9 Å². The van der Waals surface area contributed by atoms with Crippen LogP contribution < -0.4 is 14.6 Å². The number of halogens is 4. The summed E-state index contributed by atoms with van der Waals surface area (Å²) in [4.78, 5) is 5.97. The Morgan fingerprint density at radius 3 is 2.33 bits per heavy atom. The van der Waals surface area contributed by atoms with Crippen molar-refractivity contribution in [2.45, 2.75) is 51.7 Å². The van der Waals surface area contributed by atoms with Gasteiger partial charge in [-0.15, -0.1) is 10.2 Å². The summed E-state index contributed by atoms with van der Waals surface area (Å²) in [5.74, 6) is 0.538. The number of hydrogen-bond donors (Lipinski definition) is 1. The van der Waals surface area contributed by atoms with Gasteiger partial charge in [-0.1, -0.05) is 38.3 Å². The van der Waals surface area contributed by atoms with Gasteiger partial charge in [-0.25, -0.2) is 0 Å². The molecular weight excluding hydrogens is 459 g/mol. The molecule has 0 aliphatic carbocycles. The number of tetrazole rings is 1. The van der Waals surface area contributed by atoms with Crippen LogP contribution in [0.1, 0.15) is 49.4 Å². The number of rotatable bonds is 7. The fourth-order valence-electron chi connectivity index (χ4n) is 4.29. The molecule has 0 bridgehead atoms. The fraction of sp³-hybridized carbons (Fsp3) is 0.409. The number of nitrogens with one attached hydrogen (secondary N) is 1. The first-order valence-electron chi connectivity index (χ1n) is 10.6. The Kier molecular flexibility index (Phi) is 6.38. The van der Waals surface area contributed by atoms with Gasteiger partial charge in [-0.2, -0.15) is 23.4 Å². The molecule has 0 saturated carbocycles. The number of aromatic nitrogens is 4. The molecule has 0 spiro atoms. The van der Waals surface area contributed by atoms with Crippen LogP contribution in [0.5, 0.6) is 11.5 Å². The highest BCUT2D eigenvalue weighted by Crippen LogP contribution is 2.56. The molecule has 3 aromatic rings. The van der Waals surface area contributed by atoms with E-state index in [0.717, 1.165) is 5.06 Å². The summed E-state index contributed by atoms with van der Waals surface area (Å²) < 4.78 is 49.2. The summed E-state index contributed by atoms with van der Waals surface area (Å²) in [5.41, 5.74) is 1.99. The summed E-state index contributed by atoms with van der Waals surface area (Å²) in [7, 11) is 1.37. The topological polar surface area (TPSA) is 76.2 Å². The molecule has 2 heterocycles. The van der Waals surface area contributed by atoms with E-state index in [9.17, 15) is 13.2 Å². The van der Waals surface area contributed by atoms with Gasteiger partial charge in [0.15, 0.2) is 11.8 Å². The first kappa shape index (κ1) is 23.2. The molecule has 0 fully saturated rings. The van der Waals surface area contributed by atoms with Crippen LogP contribution in [0.4, 0.5) is 18.9 Å². The second kappa shape index (κ2) is 9.09. The van der Waals surface area contributed by atoms with Gasteiger partial charge >= 0.3 is 6.18 Å². The average Bonchev–Trinajstić information content (AvgIpc) is 3.43. The van der Waals surface area contributed by atoms with Crippen molar-refractivity contribution in [1.29, 1.82) is 0 Å². The molecule has 1 N–H and O–H groups in total. The molecule has 176 valence electrons. The third-order valence-electron chi connectivity index (χ3n) is 5.50. The maximum atomic E-state index is 14.5. The van der Waals surface area contributed by atoms with Crippen LogP contribution in [0.15, 0.2) is 24.3 Å². The number of benzene rings is 2. The standard InChI is InChI=1S/C22H23ClF3N5O2/c1-4-6-14-16(21-27-29-30-28-21)15(7-5-2)19-17(18(14)32-3)20(22(24,25)26)31(33-19)13-10-8-12(23)9-11-13/h8-11,20H,4-7H2,1-3H3,(H,27,28,29,30). The van der Waals surface area contributed by atoms with Gasteiger partial charge in [0.2, 0.25) is 5.82 Å². The Morgan fingerprint density at radius 1 is 1.12 bits per heavy atom. The van der Waals surface area contributed by atoms with Crippen molar-refractivity contribution in [2.75, 3.05) is 12.2 Å².